The van der Waals surface area contributed by atoms with Gasteiger partial charge in [0.05, 0.1) is 18.2 Å². The van der Waals surface area contributed by atoms with E-state index in [9.17, 15) is 4.79 Å². The van der Waals surface area contributed by atoms with Crippen LogP contribution in [0.2, 0.25) is 0 Å². The van der Waals surface area contributed by atoms with Crippen LogP contribution in [0, 0.1) is 0 Å². The average Bonchev–Trinajstić information content (AvgIpc) is 2.55. The van der Waals surface area contributed by atoms with Gasteiger partial charge in [-0.05, 0) is 24.3 Å². The summed E-state index contributed by atoms with van der Waals surface area (Å²) in [7, 11) is 0. The Kier molecular flexibility index (Phi) is 3.77. The number of carbonyl (C=O) groups is 1. The van der Waals surface area contributed by atoms with Crippen LogP contribution < -0.4 is 14.8 Å². The van der Waals surface area contributed by atoms with Crippen molar-refractivity contribution >= 4 is 17.9 Å². The number of carbonyl (C=O) groups excluding carboxylic acids is 1. The summed E-state index contributed by atoms with van der Waals surface area (Å²) in [5.41, 5.74) is 0.656. The van der Waals surface area contributed by atoms with Crippen molar-refractivity contribution in [2.45, 2.75) is 6.10 Å². The first kappa shape index (κ1) is 13.1. The molecule has 6 nitrogen and oxygen atoms in total. The second-order valence-electron chi connectivity index (χ2n) is 4.34. The van der Waals surface area contributed by atoms with Crippen molar-refractivity contribution < 1.29 is 14.3 Å². The molecule has 3 rings (SSSR count). The number of rotatable bonds is 3. The van der Waals surface area contributed by atoms with E-state index in [0.717, 1.165) is 0 Å². The zero-order valence-corrected chi connectivity index (χ0v) is 11.1. The SMILES string of the molecule is O=C(NC=Nc1cccnc1)[C@H]1COc2ccccc2O1. The van der Waals surface area contributed by atoms with Gasteiger partial charge >= 0.3 is 0 Å². The lowest BCUT2D eigenvalue weighted by molar-refractivity contribution is -0.128. The van der Waals surface area contributed by atoms with Gasteiger partial charge in [-0.2, -0.15) is 0 Å². The van der Waals surface area contributed by atoms with E-state index in [1.807, 2.05) is 12.1 Å². The number of nitrogens with one attached hydrogen (secondary N) is 1. The fourth-order valence-electron chi connectivity index (χ4n) is 1.84. The standard InChI is InChI=1S/C15H13N3O3/c19-15(18-10-17-11-4-3-7-16-8-11)14-9-20-12-5-1-2-6-13(12)21-14/h1-8,10,14H,9H2,(H,17,18,19)/t14-/m1/s1. The number of hydrogen-bond acceptors (Lipinski definition) is 5. The molecular formula is C15H13N3O3. The van der Waals surface area contributed by atoms with Crippen molar-refractivity contribution in [3.8, 4) is 11.5 Å². The molecule has 1 aromatic heterocycles. The maximum Gasteiger partial charge on any atom is 0.269 e. The monoisotopic (exact) mass is 283 g/mol. The molecule has 1 amide bonds. The predicted molar refractivity (Wildman–Crippen MR) is 76.9 cm³/mol. The molecule has 1 aromatic carbocycles. The minimum Gasteiger partial charge on any atom is -0.485 e. The van der Waals surface area contributed by atoms with Crippen molar-refractivity contribution in [3.63, 3.8) is 0 Å². The normalized spacial score (nSPS) is 16.7. The number of benzene rings is 1. The van der Waals surface area contributed by atoms with Gasteiger partial charge in [-0.3, -0.25) is 9.78 Å². The summed E-state index contributed by atoms with van der Waals surface area (Å²) in [5.74, 6) is 0.899. The van der Waals surface area contributed by atoms with Crippen LogP contribution in [0.25, 0.3) is 0 Å². The van der Waals surface area contributed by atoms with Crippen LogP contribution in [0.1, 0.15) is 0 Å². The highest BCUT2D eigenvalue weighted by molar-refractivity contribution is 5.91. The van der Waals surface area contributed by atoms with Crippen molar-refractivity contribution in [2.24, 2.45) is 4.99 Å². The third kappa shape index (κ3) is 3.17. The molecule has 0 aliphatic carbocycles. The fourth-order valence-corrected chi connectivity index (χ4v) is 1.84. The molecule has 0 saturated carbocycles. The maximum atomic E-state index is 12.0. The molecule has 1 atom stereocenters. The molecule has 0 spiro atoms. The number of ether oxygens (including phenoxy) is 2. The molecule has 2 heterocycles. The summed E-state index contributed by atoms with van der Waals surface area (Å²) in [6.45, 7) is 0.170. The highest BCUT2D eigenvalue weighted by atomic mass is 16.6. The van der Waals surface area contributed by atoms with Gasteiger partial charge in [-0.25, -0.2) is 4.99 Å². The number of para-hydroxylation sites is 2. The number of fused-ring (bicyclic) bond motifs is 1. The van der Waals surface area contributed by atoms with Gasteiger partial charge in [0.1, 0.15) is 6.61 Å². The molecule has 0 saturated heterocycles. The Morgan fingerprint density at radius 3 is 2.95 bits per heavy atom. The first-order valence-corrected chi connectivity index (χ1v) is 6.44. The first-order chi connectivity index (χ1) is 10.3. The van der Waals surface area contributed by atoms with Gasteiger partial charge in [0, 0.05) is 6.20 Å². The third-order valence-electron chi connectivity index (χ3n) is 2.87. The summed E-state index contributed by atoms with van der Waals surface area (Å²) < 4.78 is 11.1. The Labute approximate surface area is 121 Å². The van der Waals surface area contributed by atoms with E-state index >= 15 is 0 Å². The van der Waals surface area contributed by atoms with Gasteiger partial charge < -0.3 is 14.8 Å². The lowest BCUT2D eigenvalue weighted by Gasteiger charge is -2.24. The molecule has 0 fully saturated rings. The topological polar surface area (TPSA) is 72.8 Å². The molecule has 106 valence electrons. The van der Waals surface area contributed by atoms with E-state index in [1.165, 1.54) is 6.34 Å². The van der Waals surface area contributed by atoms with Crippen molar-refractivity contribution in [1.82, 2.24) is 10.3 Å². The Balaban J connectivity index is 1.59. The highest BCUT2D eigenvalue weighted by Crippen LogP contribution is 2.30. The number of aromatic nitrogens is 1. The van der Waals surface area contributed by atoms with Gasteiger partial charge in [-0.15, -0.1) is 0 Å². The number of nitrogens with zero attached hydrogens (tertiary/aromatic N) is 2. The molecule has 0 radical (unpaired) electrons. The Morgan fingerprint density at radius 2 is 2.14 bits per heavy atom. The Hall–Kier alpha value is -2.89. The molecule has 1 N–H and O–H groups in total. The van der Waals surface area contributed by atoms with Crippen LogP contribution in [0.15, 0.2) is 53.8 Å². The van der Waals surface area contributed by atoms with Crippen LogP contribution in [-0.2, 0) is 4.79 Å². The minimum atomic E-state index is -0.694. The number of pyridine rings is 1. The van der Waals surface area contributed by atoms with Gasteiger partial charge in [0.2, 0.25) is 6.10 Å². The van der Waals surface area contributed by atoms with Crippen molar-refractivity contribution in [1.29, 1.82) is 0 Å². The predicted octanol–water partition coefficient (Wildman–Crippen LogP) is 1.70. The van der Waals surface area contributed by atoms with E-state index in [1.54, 1.807) is 36.7 Å². The number of amides is 1. The van der Waals surface area contributed by atoms with E-state index in [4.69, 9.17) is 9.47 Å². The quantitative estimate of drug-likeness (QED) is 0.687. The minimum absolute atomic E-state index is 0.170. The molecule has 0 unspecified atom stereocenters. The van der Waals surface area contributed by atoms with Crippen molar-refractivity contribution in [3.05, 3.63) is 48.8 Å². The maximum absolute atomic E-state index is 12.0. The second-order valence-corrected chi connectivity index (χ2v) is 4.34. The molecule has 1 aliphatic heterocycles. The number of aliphatic imine (C=N–C) groups is 1. The first-order valence-electron chi connectivity index (χ1n) is 6.44. The van der Waals surface area contributed by atoms with Crippen molar-refractivity contribution in [2.75, 3.05) is 6.61 Å². The summed E-state index contributed by atoms with van der Waals surface area (Å²) >= 11 is 0. The third-order valence-corrected chi connectivity index (χ3v) is 2.87. The van der Waals surface area contributed by atoms with E-state index in [0.29, 0.717) is 17.2 Å². The molecule has 6 heteroatoms. The lowest BCUT2D eigenvalue weighted by atomic mass is 10.2. The Bertz CT molecular complexity index is 658. The lowest BCUT2D eigenvalue weighted by Crippen LogP contribution is -2.43. The smallest absolute Gasteiger partial charge is 0.269 e. The summed E-state index contributed by atoms with van der Waals surface area (Å²) in [6, 6.07) is 10.8. The summed E-state index contributed by atoms with van der Waals surface area (Å²) in [6.07, 6.45) is 3.88. The zero-order chi connectivity index (χ0) is 14.5. The fraction of sp³-hybridized carbons (Fsp3) is 0.133. The van der Waals surface area contributed by atoms with Crippen LogP contribution >= 0.6 is 0 Å². The van der Waals surface area contributed by atoms with Gasteiger partial charge in [0.25, 0.3) is 5.91 Å². The van der Waals surface area contributed by atoms with Crippen LogP contribution in [0.3, 0.4) is 0 Å². The molecule has 2 aromatic rings. The van der Waals surface area contributed by atoms with Crippen LogP contribution in [0.4, 0.5) is 5.69 Å². The average molecular weight is 283 g/mol. The summed E-state index contributed by atoms with van der Waals surface area (Å²) in [5, 5.41) is 2.57. The molecular weight excluding hydrogens is 270 g/mol. The Morgan fingerprint density at radius 1 is 1.29 bits per heavy atom. The van der Waals surface area contributed by atoms with Gasteiger partial charge in [0.15, 0.2) is 11.5 Å². The highest BCUT2D eigenvalue weighted by Gasteiger charge is 2.26. The van der Waals surface area contributed by atoms with E-state index < -0.39 is 6.10 Å². The number of hydrogen-bond donors (Lipinski definition) is 1. The van der Waals surface area contributed by atoms with E-state index in [-0.39, 0.29) is 12.5 Å². The molecule has 21 heavy (non-hydrogen) atoms. The largest absolute Gasteiger partial charge is 0.485 e. The second kappa shape index (κ2) is 6.04. The van der Waals surface area contributed by atoms with Crippen LogP contribution in [-0.4, -0.2) is 29.9 Å². The summed E-state index contributed by atoms with van der Waals surface area (Å²) in [4.78, 5) is 20.0. The van der Waals surface area contributed by atoms with Crippen LogP contribution in [0.5, 0.6) is 11.5 Å². The zero-order valence-electron chi connectivity index (χ0n) is 11.1. The molecule has 0 bridgehead atoms. The van der Waals surface area contributed by atoms with Gasteiger partial charge in [-0.1, -0.05) is 12.1 Å². The van der Waals surface area contributed by atoms with E-state index in [2.05, 4.69) is 15.3 Å². The molecule has 1 aliphatic rings.